The van der Waals surface area contributed by atoms with Crippen molar-refractivity contribution in [2.45, 2.75) is 25.7 Å². The van der Waals surface area contributed by atoms with E-state index in [2.05, 4.69) is 15.8 Å². The number of nitrogens with one attached hydrogen (secondary N) is 2. The molecular weight excluding hydrogens is 274 g/mol. The van der Waals surface area contributed by atoms with Gasteiger partial charge in [0.05, 0.1) is 11.3 Å². The van der Waals surface area contributed by atoms with Crippen LogP contribution in [-0.4, -0.2) is 11.6 Å². The number of carbonyl (C=O) groups is 1. The molecule has 1 aliphatic rings. The van der Waals surface area contributed by atoms with Gasteiger partial charge >= 0.3 is 0 Å². The van der Waals surface area contributed by atoms with Crippen LogP contribution < -0.4 is 10.7 Å². The summed E-state index contributed by atoms with van der Waals surface area (Å²) in [6.45, 7) is 0. The Morgan fingerprint density at radius 2 is 1.59 bits per heavy atom. The molecule has 1 aliphatic carbocycles. The zero-order chi connectivity index (χ0) is 15.2. The van der Waals surface area contributed by atoms with E-state index in [-0.39, 0.29) is 5.91 Å². The van der Waals surface area contributed by atoms with Crippen molar-refractivity contribution in [1.29, 1.82) is 0 Å². The maximum absolute atomic E-state index is 12.4. The molecule has 0 atom stereocenters. The van der Waals surface area contributed by atoms with Gasteiger partial charge in [-0.1, -0.05) is 30.3 Å². The number of hydrogen-bond acceptors (Lipinski definition) is 3. The molecule has 0 unspecified atom stereocenters. The Kier molecular flexibility index (Phi) is 4.49. The van der Waals surface area contributed by atoms with E-state index in [9.17, 15) is 4.79 Å². The highest BCUT2D eigenvalue weighted by Crippen LogP contribution is 2.21. The molecule has 3 rings (SSSR count). The zero-order valence-electron chi connectivity index (χ0n) is 12.4. The van der Waals surface area contributed by atoms with Crippen LogP contribution in [0.5, 0.6) is 0 Å². The molecule has 4 heteroatoms. The van der Waals surface area contributed by atoms with Gasteiger partial charge in [0.15, 0.2) is 0 Å². The maximum Gasteiger partial charge on any atom is 0.273 e. The van der Waals surface area contributed by atoms with Gasteiger partial charge in [-0.15, -0.1) is 0 Å². The van der Waals surface area contributed by atoms with Crippen molar-refractivity contribution in [3.8, 4) is 0 Å². The number of carbonyl (C=O) groups excluding carboxylic acids is 1. The van der Waals surface area contributed by atoms with E-state index in [4.69, 9.17) is 0 Å². The van der Waals surface area contributed by atoms with E-state index < -0.39 is 0 Å². The minimum absolute atomic E-state index is 0.182. The number of hydrogen-bond donors (Lipinski definition) is 2. The van der Waals surface area contributed by atoms with Crippen LogP contribution in [0.4, 0.5) is 11.4 Å². The quantitative estimate of drug-likeness (QED) is 0.834. The van der Waals surface area contributed by atoms with E-state index >= 15 is 0 Å². The molecule has 2 aromatic rings. The lowest BCUT2D eigenvalue weighted by molar-refractivity contribution is 0.0955. The number of para-hydroxylation sites is 2. The monoisotopic (exact) mass is 293 g/mol. The average molecular weight is 293 g/mol. The lowest BCUT2D eigenvalue weighted by atomic mass is 10.1. The molecule has 4 nitrogen and oxygen atoms in total. The number of amides is 1. The van der Waals surface area contributed by atoms with Crippen molar-refractivity contribution < 1.29 is 4.79 Å². The molecule has 22 heavy (non-hydrogen) atoms. The van der Waals surface area contributed by atoms with Gasteiger partial charge in [-0.3, -0.25) is 4.79 Å². The van der Waals surface area contributed by atoms with Gasteiger partial charge in [-0.25, -0.2) is 5.43 Å². The molecular formula is C18H19N3O. The van der Waals surface area contributed by atoms with Crippen LogP contribution in [-0.2, 0) is 0 Å². The van der Waals surface area contributed by atoms with Crippen LogP contribution in [0.3, 0.4) is 0 Å². The molecule has 2 aromatic carbocycles. The van der Waals surface area contributed by atoms with Gasteiger partial charge in [0, 0.05) is 11.4 Å². The second kappa shape index (κ2) is 6.89. The predicted molar refractivity (Wildman–Crippen MR) is 89.5 cm³/mol. The van der Waals surface area contributed by atoms with Crippen molar-refractivity contribution in [2.24, 2.45) is 5.10 Å². The van der Waals surface area contributed by atoms with Crippen LogP contribution in [0.2, 0.25) is 0 Å². The lowest BCUT2D eigenvalue weighted by Gasteiger charge is -2.11. The van der Waals surface area contributed by atoms with Crippen LogP contribution in [0.1, 0.15) is 36.0 Å². The van der Waals surface area contributed by atoms with Gasteiger partial charge in [0.1, 0.15) is 0 Å². The Morgan fingerprint density at radius 1 is 0.909 bits per heavy atom. The van der Waals surface area contributed by atoms with Crippen LogP contribution in [0.25, 0.3) is 0 Å². The fourth-order valence-electron chi connectivity index (χ4n) is 2.55. The third kappa shape index (κ3) is 3.52. The highest BCUT2D eigenvalue weighted by molar-refractivity contribution is 6.01. The first-order valence-electron chi connectivity index (χ1n) is 7.60. The highest BCUT2D eigenvalue weighted by Gasteiger charge is 2.12. The third-order valence-corrected chi connectivity index (χ3v) is 3.72. The molecule has 0 aromatic heterocycles. The Bertz CT molecular complexity index is 672. The van der Waals surface area contributed by atoms with Crippen molar-refractivity contribution >= 4 is 23.0 Å². The third-order valence-electron chi connectivity index (χ3n) is 3.72. The van der Waals surface area contributed by atoms with E-state index in [1.54, 1.807) is 6.07 Å². The first-order chi connectivity index (χ1) is 10.8. The van der Waals surface area contributed by atoms with E-state index in [0.29, 0.717) is 5.56 Å². The van der Waals surface area contributed by atoms with E-state index in [1.807, 2.05) is 48.5 Å². The largest absolute Gasteiger partial charge is 0.355 e. The first kappa shape index (κ1) is 14.3. The van der Waals surface area contributed by atoms with Crippen LogP contribution in [0.15, 0.2) is 59.7 Å². The summed E-state index contributed by atoms with van der Waals surface area (Å²) in [5.74, 6) is -0.182. The molecule has 0 radical (unpaired) electrons. The number of benzene rings is 2. The summed E-state index contributed by atoms with van der Waals surface area (Å²) in [5, 5.41) is 7.51. The fourth-order valence-corrected chi connectivity index (χ4v) is 2.55. The Balaban J connectivity index is 1.75. The molecule has 112 valence electrons. The van der Waals surface area contributed by atoms with Gasteiger partial charge in [-0.2, -0.15) is 5.10 Å². The standard InChI is InChI=1S/C18H19N3O/c22-18(21-20-15-10-4-5-11-15)16-12-6-7-13-17(16)19-14-8-2-1-3-9-14/h1-3,6-9,12-13,19H,4-5,10-11H2,(H,21,22). The van der Waals surface area contributed by atoms with Gasteiger partial charge < -0.3 is 5.32 Å². The minimum Gasteiger partial charge on any atom is -0.355 e. The fraction of sp³-hybridized carbons (Fsp3) is 0.222. The average Bonchev–Trinajstić information content (AvgIpc) is 3.08. The Morgan fingerprint density at radius 3 is 2.36 bits per heavy atom. The number of anilines is 2. The molecule has 0 heterocycles. The first-order valence-corrected chi connectivity index (χ1v) is 7.60. The molecule has 0 spiro atoms. The van der Waals surface area contributed by atoms with Crippen molar-refractivity contribution in [3.05, 3.63) is 60.2 Å². The smallest absolute Gasteiger partial charge is 0.273 e. The molecule has 0 bridgehead atoms. The summed E-state index contributed by atoms with van der Waals surface area (Å²) >= 11 is 0. The van der Waals surface area contributed by atoms with Gasteiger partial charge in [0.25, 0.3) is 5.91 Å². The molecule has 1 saturated carbocycles. The molecule has 0 saturated heterocycles. The second-order valence-corrected chi connectivity index (χ2v) is 5.36. The summed E-state index contributed by atoms with van der Waals surface area (Å²) in [4.78, 5) is 12.4. The van der Waals surface area contributed by atoms with Crippen LogP contribution in [0, 0.1) is 0 Å². The normalized spacial score (nSPS) is 13.7. The molecule has 1 fully saturated rings. The summed E-state index contributed by atoms with van der Waals surface area (Å²) in [7, 11) is 0. The summed E-state index contributed by atoms with van der Waals surface area (Å²) < 4.78 is 0. The highest BCUT2D eigenvalue weighted by atomic mass is 16.2. The lowest BCUT2D eigenvalue weighted by Crippen LogP contribution is -2.20. The van der Waals surface area contributed by atoms with Gasteiger partial charge in [-0.05, 0) is 49.9 Å². The van der Waals surface area contributed by atoms with Gasteiger partial charge in [0.2, 0.25) is 0 Å². The molecule has 0 aliphatic heterocycles. The molecule has 2 N–H and O–H groups in total. The Hall–Kier alpha value is -2.62. The number of rotatable bonds is 4. The van der Waals surface area contributed by atoms with E-state index in [0.717, 1.165) is 29.9 Å². The number of nitrogens with zero attached hydrogens (tertiary/aromatic N) is 1. The SMILES string of the molecule is O=C(NN=C1CCCC1)c1ccccc1Nc1ccccc1. The minimum atomic E-state index is -0.182. The molecule has 1 amide bonds. The van der Waals surface area contributed by atoms with Crippen molar-refractivity contribution in [1.82, 2.24) is 5.43 Å². The zero-order valence-corrected chi connectivity index (χ0v) is 12.4. The summed E-state index contributed by atoms with van der Waals surface area (Å²) in [6, 6.07) is 17.3. The summed E-state index contributed by atoms with van der Waals surface area (Å²) in [5.41, 5.74) is 6.08. The van der Waals surface area contributed by atoms with Crippen molar-refractivity contribution in [3.63, 3.8) is 0 Å². The van der Waals surface area contributed by atoms with Crippen molar-refractivity contribution in [2.75, 3.05) is 5.32 Å². The second-order valence-electron chi connectivity index (χ2n) is 5.36. The topological polar surface area (TPSA) is 53.5 Å². The maximum atomic E-state index is 12.4. The summed E-state index contributed by atoms with van der Waals surface area (Å²) in [6.07, 6.45) is 4.32. The number of hydrazone groups is 1. The predicted octanol–water partition coefficient (Wildman–Crippen LogP) is 4.09. The Labute approximate surface area is 130 Å². The van der Waals surface area contributed by atoms with E-state index in [1.165, 1.54) is 12.8 Å². The van der Waals surface area contributed by atoms with Crippen LogP contribution >= 0.6 is 0 Å².